The zero-order valence-electron chi connectivity index (χ0n) is 9.03. The van der Waals surface area contributed by atoms with Gasteiger partial charge >= 0.3 is 5.97 Å². The number of nitrogens with one attached hydrogen (secondary N) is 1. The average molecular weight is 219 g/mol. The molecular formula is C12H13NO3. The first-order valence-electron chi connectivity index (χ1n) is 4.87. The number of hydrogen-bond donors (Lipinski definition) is 1. The number of amides is 1. The SMILES string of the molecule is C=C(NC(=O)c1ccccc1)C(=O)OCC. The van der Waals surface area contributed by atoms with E-state index in [1.54, 1.807) is 37.3 Å². The summed E-state index contributed by atoms with van der Waals surface area (Å²) in [4.78, 5) is 22.8. The molecule has 0 aliphatic heterocycles. The minimum absolute atomic E-state index is 0.0595. The molecule has 84 valence electrons. The van der Waals surface area contributed by atoms with Crippen molar-refractivity contribution in [1.29, 1.82) is 0 Å². The van der Waals surface area contributed by atoms with Gasteiger partial charge in [-0.15, -0.1) is 0 Å². The molecule has 1 aromatic rings. The molecule has 0 unspecified atom stereocenters. The molecule has 1 N–H and O–H groups in total. The Morgan fingerprint density at radius 2 is 1.94 bits per heavy atom. The lowest BCUT2D eigenvalue weighted by atomic mass is 10.2. The minimum Gasteiger partial charge on any atom is -0.461 e. The molecule has 1 amide bonds. The molecule has 0 aromatic heterocycles. The van der Waals surface area contributed by atoms with Crippen molar-refractivity contribution in [2.75, 3.05) is 6.61 Å². The lowest BCUT2D eigenvalue weighted by Gasteiger charge is -2.07. The molecule has 1 aromatic carbocycles. The summed E-state index contributed by atoms with van der Waals surface area (Å²) in [5.41, 5.74) is 0.406. The fraction of sp³-hybridized carbons (Fsp3) is 0.167. The van der Waals surface area contributed by atoms with Crippen molar-refractivity contribution < 1.29 is 14.3 Å². The second-order valence-corrected chi connectivity index (χ2v) is 3.02. The Morgan fingerprint density at radius 3 is 2.50 bits per heavy atom. The van der Waals surface area contributed by atoms with Crippen LogP contribution in [0.5, 0.6) is 0 Å². The normalized spacial score (nSPS) is 9.31. The van der Waals surface area contributed by atoms with Crippen LogP contribution in [0.25, 0.3) is 0 Å². The van der Waals surface area contributed by atoms with Crippen molar-refractivity contribution in [3.8, 4) is 0 Å². The fourth-order valence-corrected chi connectivity index (χ4v) is 1.07. The van der Waals surface area contributed by atoms with Gasteiger partial charge in [0, 0.05) is 5.56 Å². The van der Waals surface area contributed by atoms with Gasteiger partial charge in [0.2, 0.25) is 0 Å². The first kappa shape index (κ1) is 12.0. The highest BCUT2D eigenvalue weighted by molar-refractivity contribution is 6.00. The summed E-state index contributed by atoms with van der Waals surface area (Å²) in [6.45, 7) is 5.37. The highest BCUT2D eigenvalue weighted by Crippen LogP contribution is 2.00. The maximum absolute atomic E-state index is 11.6. The van der Waals surface area contributed by atoms with E-state index in [0.717, 1.165) is 0 Å². The van der Waals surface area contributed by atoms with Gasteiger partial charge in [0.15, 0.2) is 0 Å². The number of ether oxygens (including phenoxy) is 1. The van der Waals surface area contributed by atoms with Gasteiger partial charge in [0.1, 0.15) is 5.70 Å². The largest absolute Gasteiger partial charge is 0.461 e. The summed E-state index contributed by atoms with van der Waals surface area (Å²) in [7, 11) is 0. The Morgan fingerprint density at radius 1 is 1.31 bits per heavy atom. The standard InChI is InChI=1S/C12H13NO3/c1-3-16-12(15)9(2)13-11(14)10-7-5-4-6-8-10/h4-8H,2-3H2,1H3,(H,13,14). The summed E-state index contributed by atoms with van der Waals surface area (Å²) < 4.78 is 4.69. The summed E-state index contributed by atoms with van der Waals surface area (Å²) >= 11 is 0. The Hall–Kier alpha value is -2.10. The van der Waals surface area contributed by atoms with Gasteiger partial charge in [-0.05, 0) is 19.1 Å². The fourth-order valence-electron chi connectivity index (χ4n) is 1.07. The number of carbonyl (C=O) groups is 2. The van der Waals surface area contributed by atoms with Crippen molar-refractivity contribution in [1.82, 2.24) is 5.32 Å². The van der Waals surface area contributed by atoms with Gasteiger partial charge in [0.25, 0.3) is 5.91 Å². The van der Waals surface area contributed by atoms with Gasteiger partial charge in [-0.3, -0.25) is 4.79 Å². The third-order valence-electron chi connectivity index (χ3n) is 1.82. The first-order valence-corrected chi connectivity index (χ1v) is 4.87. The van der Waals surface area contributed by atoms with E-state index in [2.05, 4.69) is 16.6 Å². The maximum Gasteiger partial charge on any atom is 0.354 e. The first-order chi connectivity index (χ1) is 7.65. The number of rotatable bonds is 4. The molecule has 0 saturated carbocycles. The number of benzene rings is 1. The van der Waals surface area contributed by atoms with Gasteiger partial charge in [-0.2, -0.15) is 0 Å². The quantitative estimate of drug-likeness (QED) is 0.616. The predicted molar refractivity (Wildman–Crippen MR) is 59.7 cm³/mol. The Kier molecular flexibility index (Phi) is 4.27. The van der Waals surface area contributed by atoms with Crippen molar-refractivity contribution >= 4 is 11.9 Å². The third-order valence-corrected chi connectivity index (χ3v) is 1.82. The molecule has 0 saturated heterocycles. The van der Waals surface area contributed by atoms with E-state index in [1.807, 2.05) is 0 Å². The molecule has 16 heavy (non-hydrogen) atoms. The van der Waals surface area contributed by atoms with Crippen LogP contribution in [0.3, 0.4) is 0 Å². The van der Waals surface area contributed by atoms with Crippen LogP contribution in [0.15, 0.2) is 42.6 Å². The minimum atomic E-state index is -0.619. The van der Waals surface area contributed by atoms with Crippen molar-refractivity contribution in [2.24, 2.45) is 0 Å². The van der Waals surface area contributed by atoms with Gasteiger partial charge in [-0.25, -0.2) is 4.79 Å². The van der Waals surface area contributed by atoms with E-state index < -0.39 is 5.97 Å². The Bertz CT molecular complexity index is 398. The molecule has 1 rings (SSSR count). The summed E-state index contributed by atoms with van der Waals surface area (Å²) in [6.07, 6.45) is 0. The zero-order valence-corrected chi connectivity index (χ0v) is 9.03. The van der Waals surface area contributed by atoms with Crippen LogP contribution < -0.4 is 5.32 Å². The smallest absolute Gasteiger partial charge is 0.354 e. The van der Waals surface area contributed by atoms with Crippen molar-refractivity contribution in [2.45, 2.75) is 6.92 Å². The molecule has 0 aliphatic carbocycles. The molecule has 0 radical (unpaired) electrons. The lowest BCUT2D eigenvalue weighted by Crippen LogP contribution is -2.27. The van der Waals surface area contributed by atoms with Crippen molar-refractivity contribution in [3.05, 3.63) is 48.2 Å². The van der Waals surface area contributed by atoms with E-state index in [-0.39, 0.29) is 18.2 Å². The second-order valence-electron chi connectivity index (χ2n) is 3.02. The monoisotopic (exact) mass is 219 g/mol. The molecule has 0 heterocycles. The molecule has 0 spiro atoms. The Balaban J connectivity index is 2.59. The van der Waals surface area contributed by atoms with Crippen LogP contribution in [-0.4, -0.2) is 18.5 Å². The molecule has 0 fully saturated rings. The Labute approximate surface area is 93.9 Å². The van der Waals surface area contributed by atoms with Crippen LogP contribution in [0, 0.1) is 0 Å². The number of hydrogen-bond acceptors (Lipinski definition) is 3. The topological polar surface area (TPSA) is 55.4 Å². The maximum atomic E-state index is 11.6. The van der Waals surface area contributed by atoms with Gasteiger partial charge < -0.3 is 10.1 Å². The molecule has 0 aliphatic rings. The molecule has 4 heteroatoms. The van der Waals surface area contributed by atoms with E-state index >= 15 is 0 Å². The zero-order chi connectivity index (χ0) is 12.0. The summed E-state index contributed by atoms with van der Waals surface area (Å²) in [6, 6.07) is 8.57. The van der Waals surface area contributed by atoms with E-state index in [9.17, 15) is 9.59 Å². The van der Waals surface area contributed by atoms with E-state index in [1.165, 1.54) is 0 Å². The van der Waals surface area contributed by atoms with E-state index in [4.69, 9.17) is 0 Å². The van der Waals surface area contributed by atoms with Crippen molar-refractivity contribution in [3.63, 3.8) is 0 Å². The third kappa shape index (κ3) is 3.24. The second kappa shape index (κ2) is 5.70. The van der Waals surface area contributed by atoms with Gasteiger partial charge in [0.05, 0.1) is 6.61 Å². The van der Waals surface area contributed by atoms with Crippen LogP contribution in [-0.2, 0) is 9.53 Å². The van der Waals surface area contributed by atoms with Crippen LogP contribution >= 0.6 is 0 Å². The highest BCUT2D eigenvalue weighted by atomic mass is 16.5. The molecule has 0 atom stereocenters. The molecule has 0 bridgehead atoms. The summed E-state index contributed by atoms with van der Waals surface area (Å²) in [5, 5.41) is 2.37. The highest BCUT2D eigenvalue weighted by Gasteiger charge is 2.12. The van der Waals surface area contributed by atoms with Crippen LogP contribution in [0.4, 0.5) is 0 Å². The number of carbonyl (C=O) groups excluding carboxylic acids is 2. The lowest BCUT2D eigenvalue weighted by molar-refractivity contribution is -0.138. The predicted octanol–water partition coefficient (Wildman–Crippen LogP) is 1.49. The van der Waals surface area contributed by atoms with E-state index in [0.29, 0.717) is 5.56 Å². The molecule has 4 nitrogen and oxygen atoms in total. The van der Waals surface area contributed by atoms with Gasteiger partial charge in [-0.1, -0.05) is 24.8 Å². The summed E-state index contributed by atoms with van der Waals surface area (Å²) in [5.74, 6) is -0.995. The van der Waals surface area contributed by atoms with Crippen LogP contribution in [0.1, 0.15) is 17.3 Å². The number of esters is 1. The van der Waals surface area contributed by atoms with Crippen LogP contribution in [0.2, 0.25) is 0 Å². The average Bonchev–Trinajstić information content (AvgIpc) is 2.30. The molecular weight excluding hydrogens is 206 g/mol.